The third-order valence-electron chi connectivity index (χ3n) is 1.47. The molecule has 0 aliphatic heterocycles. The van der Waals surface area contributed by atoms with E-state index in [0.717, 1.165) is 0 Å². The van der Waals surface area contributed by atoms with Crippen LogP contribution in [0.25, 0.3) is 0 Å². The highest BCUT2D eigenvalue weighted by molar-refractivity contribution is 6.00. The summed E-state index contributed by atoms with van der Waals surface area (Å²) in [5, 5.41) is 7.94. The van der Waals surface area contributed by atoms with Crippen molar-refractivity contribution in [3.63, 3.8) is 0 Å². The van der Waals surface area contributed by atoms with Gasteiger partial charge in [-0.05, 0) is 6.07 Å². The maximum absolute atomic E-state index is 11.1. The van der Waals surface area contributed by atoms with Gasteiger partial charge in [0.25, 0.3) is 5.91 Å². The summed E-state index contributed by atoms with van der Waals surface area (Å²) in [6, 6.07) is 6.15. The Morgan fingerprint density at radius 2 is 2.15 bits per heavy atom. The predicted molar refractivity (Wildman–Crippen MR) is 43.0 cm³/mol. The zero-order chi connectivity index (χ0) is 9.68. The minimum atomic E-state index is -0.676. The second kappa shape index (κ2) is 4.34. The monoisotopic (exact) mass is 181 g/mol. The Balaban J connectivity index is 2.98. The van der Waals surface area contributed by atoms with E-state index >= 15 is 0 Å². The fourth-order valence-electron chi connectivity index (χ4n) is 0.903. The Labute approximate surface area is 73.8 Å². The van der Waals surface area contributed by atoms with E-state index in [1.165, 1.54) is 12.1 Å². The molecule has 0 aliphatic carbocycles. The number of aldehydes is 1. The summed E-state index contributed by atoms with van der Waals surface area (Å²) < 4.78 is 0. The fraction of sp³-hybridized carbons (Fsp3) is 0. The van der Waals surface area contributed by atoms with Gasteiger partial charge < -0.3 is 0 Å². The molecule has 5 heteroatoms. The smallest absolute Gasteiger partial charge is 0.277 e. The molecular weight excluding hydrogens is 174 g/mol. The zero-order valence-electron chi connectivity index (χ0n) is 6.56. The van der Waals surface area contributed by atoms with Crippen molar-refractivity contribution in [2.75, 3.05) is 0 Å². The maximum Gasteiger partial charge on any atom is 0.277 e. The zero-order valence-corrected chi connectivity index (χ0v) is 6.56. The van der Waals surface area contributed by atoms with Gasteiger partial charge in [0.2, 0.25) is 0 Å². The summed E-state index contributed by atoms with van der Waals surface area (Å²) in [6.45, 7) is 0. The van der Waals surface area contributed by atoms with E-state index in [9.17, 15) is 9.59 Å². The summed E-state index contributed by atoms with van der Waals surface area (Å²) in [5.41, 5.74) is 2.07. The van der Waals surface area contributed by atoms with Crippen LogP contribution in [0.5, 0.6) is 0 Å². The standard InChI is InChI=1S/C8H7NO4/c10-5-6-3-1-2-4-7(6)8(11)9-13-12/h1-5,12H,(H,9,11). The number of nitrogens with one attached hydrogen (secondary N) is 1. The van der Waals surface area contributed by atoms with E-state index in [2.05, 4.69) is 4.99 Å². The fourth-order valence-corrected chi connectivity index (χ4v) is 0.903. The topological polar surface area (TPSA) is 75.6 Å². The number of hydroxylamine groups is 1. The third kappa shape index (κ3) is 2.11. The van der Waals surface area contributed by atoms with Crippen LogP contribution in [0.4, 0.5) is 0 Å². The predicted octanol–water partition coefficient (Wildman–Crippen LogP) is 0.633. The molecule has 5 nitrogen and oxygen atoms in total. The lowest BCUT2D eigenvalue weighted by atomic mass is 10.1. The Bertz CT molecular complexity index is 324. The van der Waals surface area contributed by atoms with Gasteiger partial charge in [-0.25, -0.2) is 5.26 Å². The van der Waals surface area contributed by atoms with Gasteiger partial charge in [-0.15, -0.1) is 4.99 Å². The number of hydrogen-bond acceptors (Lipinski definition) is 4. The molecule has 13 heavy (non-hydrogen) atoms. The van der Waals surface area contributed by atoms with Crippen LogP contribution in [-0.2, 0) is 4.99 Å². The minimum Gasteiger partial charge on any atom is -0.298 e. The highest BCUT2D eigenvalue weighted by Crippen LogP contribution is 2.05. The number of rotatable bonds is 3. The molecule has 0 fully saturated rings. The molecule has 0 spiro atoms. The van der Waals surface area contributed by atoms with Crippen LogP contribution in [0, 0.1) is 0 Å². The van der Waals surface area contributed by atoms with E-state index in [-0.39, 0.29) is 11.1 Å². The second-order valence-corrected chi connectivity index (χ2v) is 2.23. The molecule has 0 aromatic heterocycles. The van der Waals surface area contributed by atoms with E-state index in [1.807, 2.05) is 0 Å². The molecule has 0 atom stereocenters. The molecule has 0 radical (unpaired) electrons. The van der Waals surface area contributed by atoms with Crippen LogP contribution in [0.2, 0.25) is 0 Å². The van der Waals surface area contributed by atoms with E-state index in [0.29, 0.717) is 6.29 Å². The molecule has 0 bridgehead atoms. The molecule has 0 saturated heterocycles. The van der Waals surface area contributed by atoms with Gasteiger partial charge in [0.15, 0.2) is 6.29 Å². The Morgan fingerprint density at radius 1 is 1.46 bits per heavy atom. The van der Waals surface area contributed by atoms with E-state index in [1.54, 1.807) is 17.6 Å². The number of carbonyl (C=O) groups excluding carboxylic acids is 2. The molecule has 68 valence electrons. The molecular formula is C8H7NO4. The van der Waals surface area contributed by atoms with Crippen molar-refractivity contribution < 1.29 is 19.8 Å². The number of amides is 1. The molecule has 1 amide bonds. The molecule has 1 aromatic carbocycles. The van der Waals surface area contributed by atoms with Crippen LogP contribution >= 0.6 is 0 Å². The Hall–Kier alpha value is -1.72. The van der Waals surface area contributed by atoms with Gasteiger partial charge in [-0.1, -0.05) is 18.2 Å². The SMILES string of the molecule is O=Cc1ccccc1C(=O)NOO. The van der Waals surface area contributed by atoms with Crippen molar-refractivity contribution in [1.29, 1.82) is 0 Å². The van der Waals surface area contributed by atoms with Crippen molar-refractivity contribution in [2.24, 2.45) is 0 Å². The summed E-state index contributed by atoms with van der Waals surface area (Å²) in [4.78, 5) is 25.0. The van der Waals surface area contributed by atoms with Crippen molar-refractivity contribution in [3.05, 3.63) is 35.4 Å². The minimum absolute atomic E-state index is 0.145. The first-order chi connectivity index (χ1) is 6.29. The van der Waals surface area contributed by atoms with E-state index < -0.39 is 5.91 Å². The van der Waals surface area contributed by atoms with Crippen molar-refractivity contribution in [2.45, 2.75) is 0 Å². The first-order valence-electron chi connectivity index (χ1n) is 3.44. The highest BCUT2D eigenvalue weighted by atomic mass is 17.2. The van der Waals surface area contributed by atoms with Crippen molar-refractivity contribution >= 4 is 12.2 Å². The summed E-state index contributed by atoms with van der Waals surface area (Å²) in [5.74, 6) is -0.676. The highest BCUT2D eigenvalue weighted by Gasteiger charge is 2.09. The summed E-state index contributed by atoms with van der Waals surface area (Å²) in [7, 11) is 0. The van der Waals surface area contributed by atoms with Gasteiger partial charge in [0, 0.05) is 5.56 Å². The van der Waals surface area contributed by atoms with E-state index in [4.69, 9.17) is 5.26 Å². The normalized spacial score (nSPS) is 9.31. The molecule has 0 heterocycles. The Morgan fingerprint density at radius 3 is 2.77 bits per heavy atom. The van der Waals surface area contributed by atoms with Gasteiger partial charge >= 0.3 is 0 Å². The summed E-state index contributed by atoms with van der Waals surface area (Å²) in [6.07, 6.45) is 0.548. The maximum atomic E-state index is 11.1. The van der Waals surface area contributed by atoms with Gasteiger partial charge in [0.05, 0.1) is 5.56 Å². The molecule has 0 aliphatic rings. The number of benzene rings is 1. The van der Waals surface area contributed by atoms with Gasteiger partial charge in [-0.3, -0.25) is 9.59 Å². The number of hydrogen-bond donors (Lipinski definition) is 2. The first-order valence-corrected chi connectivity index (χ1v) is 3.44. The molecule has 0 saturated carbocycles. The molecule has 1 aromatic rings. The van der Waals surface area contributed by atoms with Crippen LogP contribution in [-0.4, -0.2) is 17.5 Å². The average Bonchev–Trinajstić information content (AvgIpc) is 2.18. The Kier molecular flexibility index (Phi) is 3.13. The van der Waals surface area contributed by atoms with Crippen LogP contribution in [0.15, 0.2) is 24.3 Å². The number of carbonyl (C=O) groups is 2. The third-order valence-corrected chi connectivity index (χ3v) is 1.47. The first kappa shape index (κ1) is 9.37. The second-order valence-electron chi connectivity index (χ2n) is 2.23. The van der Waals surface area contributed by atoms with Crippen molar-refractivity contribution in [1.82, 2.24) is 5.48 Å². The van der Waals surface area contributed by atoms with Gasteiger partial charge in [0.1, 0.15) is 0 Å². The average molecular weight is 181 g/mol. The lowest BCUT2D eigenvalue weighted by Gasteiger charge is -2.01. The van der Waals surface area contributed by atoms with Crippen LogP contribution in [0.1, 0.15) is 20.7 Å². The molecule has 0 unspecified atom stereocenters. The quantitative estimate of drug-likeness (QED) is 0.407. The largest absolute Gasteiger partial charge is 0.298 e. The molecule has 2 N–H and O–H groups in total. The lowest BCUT2D eigenvalue weighted by Crippen LogP contribution is -2.23. The van der Waals surface area contributed by atoms with Crippen molar-refractivity contribution in [3.8, 4) is 0 Å². The summed E-state index contributed by atoms with van der Waals surface area (Å²) >= 11 is 0. The van der Waals surface area contributed by atoms with Crippen LogP contribution in [0.3, 0.4) is 0 Å². The lowest BCUT2D eigenvalue weighted by molar-refractivity contribution is -0.277. The molecule has 1 rings (SSSR count). The van der Waals surface area contributed by atoms with Crippen LogP contribution < -0.4 is 5.48 Å². The van der Waals surface area contributed by atoms with Gasteiger partial charge in [-0.2, -0.15) is 5.48 Å².